The zero-order chi connectivity index (χ0) is 43.1. The third-order valence-corrected chi connectivity index (χ3v) is 11.1. The molecule has 0 unspecified atom stereocenters. The molecule has 0 spiro atoms. The van der Waals surface area contributed by atoms with Crippen LogP contribution in [0.1, 0.15) is 60.3 Å². The molecule has 0 aliphatic heterocycles. The summed E-state index contributed by atoms with van der Waals surface area (Å²) in [5.41, 5.74) is 14.1. The molecule has 2 heterocycles. The Kier molecular flexibility index (Phi) is 10.5. The van der Waals surface area contributed by atoms with E-state index in [9.17, 15) is 5.11 Å². The first-order valence-electron chi connectivity index (χ1n) is 21.7. The van der Waals surface area contributed by atoms with Crippen molar-refractivity contribution < 1.29 is 30.3 Å². The van der Waals surface area contributed by atoms with Gasteiger partial charge in [0.2, 0.25) is 0 Å². The third-order valence-electron chi connectivity index (χ3n) is 11.1. The molecular formula is C55H46N3OPt-. The molecule has 5 heteroatoms. The molecule has 0 fully saturated rings. The van der Waals surface area contributed by atoms with Gasteiger partial charge < -0.3 is 5.11 Å². The van der Waals surface area contributed by atoms with Gasteiger partial charge in [-0.2, -0.15) is 0 Å². The number of aromatic nitrogens is 3. The summed E-state index contributed by atoms with van der Waals surface area (Å²) in [6, 6.07) is 58.2. The van der Waals surface area contributed by atoms with Crippen LogP contribution in [0.3, 0.4) is 0 Å². The number of hydrogen-bond acceptors (Lipinski definition) is 3. The van der Waals surface area contributed by atoms with E-state index in [-0.39, 0.29) is 44.2 Å². The Morgan fingerprint density at radius 3 is 1.92 bits per heavy atom. The summed E-state index contributed by atoms with van der Waals surface area (Å²) in [4.78, 5) is 10.4. The minimum atomic E-state index is -2.32. The first kappa shape index (κ1) is 36.7. The molecule has 0 bridgehead atoms. The number of hydrogen-bond donors (Lipinski definition) is 1. The van der Waals surface area contributed by atoms with Crippen LogP contribution < -0.4 is 0 Å². The number of phenols is 1. The summed E-state index contributed by atoms with van der Waals surface area (Å²) in [5.74, 6) is 0.945. The van der Waals surface area contributed by atoms with Gasteiger partial charge in [0.15, 0.2) is 0 Å². The molecule has 0 aliphatic carbocycles. The number of nitrogens with zero attached hydrogens (tertiary/aromatic N) is 3. The smallest absolute Gasteiger partial charge is 0.148 e. The zero-order valence-electron chi connectivity index (χ0n) is 36.9. The van der Waals surface area contributed by atoms with Crippen molar-refractivity contribution in [2.75, 3.05) is 0 Å². The van der Waals surface area contributed by atoms with E-state index in [4.69, 9.17) is 14.1 Å². The van der Waals surface area contributed by atoms with Crippen LogP contribution in [-0.4, -0.2) is 19.6 Å². The fourth-order valence-corrected chi connectivity index (χ4v) is 7.98. The van der Waals surface area contributed by atoms with Crippen LogP contribution in [0.5, 0.6) is 5.75 Å². The van der Waals surface area contributed by atoms with Gasteiger partial charge in [-0.05, 0) is 82.4 Å². The third kappa shape index (κ3) is 7.76. The second-order valence-electron chi connectivity index (χ2n) is 15.7. The van der Waals surface area contributed by atoms with Gasteiger partial charge in [-0.1, -0.05) is 171 Å². The van der Waals surface area contributed by atoms with Crippen LogP contribution >= 0.6 is 0 Å². The maximum atomic E-state index is 12.2. The van der Waals surface area contributed by atoms with Crippen molar-refractivity contribution in [3.8, 4) is 78.6 Å². The average molecular weight is 963 g/mol. The SMILES string of the molecule is [2H]C([2H])([2H])c1ccc(-n2c(-c3cc(C(C)C)cc(C(C)C)c3O)nc3c(-c4[c-]c(-c5cc(-c6ccccc6)ccn5)cc(-c5ccccc5)c4)cccc32)c(-c2ccccc2)c1.[Pt]. The first-order chi connectivity index (χ1) is 29.9. The Morgan fingerprint density at radius 2 is 1.25 bits per heavy atom. The van der Waals surface area contributed by atoms with E-state index >= 15 is 0 Å². The second-order valence-corrected chi connectivity index (χ2v) is 15.7. The van der Waals surface area contributed by atoms with Gasteiger partial charge in [0.05, 0.1) is 22.3 Å². The fraction of sp³-hybridized carbons (Fsp3) is 0.127. The maximum absolute atomic E-state index is 12.2. The standard InChI is InChI=1S/C55H46N3O.Pt/c1-35(2)42-32-47(36(3)4)54(59)49(33-42)55-57-53-46(22-15-23-52(53)58(55)51-25-24-37(5)28-48(51)40-20-13-8-14-21-40)44-29-43(39-18-11-7-12-19-39)30-45(31-44)50-34-41(26-27-56-50)38-16-9-6-10-17-38;/h6-30,32-36,59H,1-5H3;/q-1;/i5D3;. The van der Waals surface area contributed by atoms with E-state index < -0.39 is 6.85 Å². The van der Waals surface area contributed by atoms with Crippen molar-refractivity contribution in [3.63, 3.8) is 0 Å². The Bertz CT molecular complexity index is 3070. The van der Waals surface area contributed by atoms with Crippen molar-refractivity contribution in [1.29, 1.82) is 0 Å². The number of fused-ring (bicyclic) bond motifs is 1. The van der Waals surface area contributed by atoms with Gasteiger partial charge in [-0.3, -0.25) is 9.55 Å². The number of imidazole rings is 1. The molecule has 9 aromatic rings. The van der Waals surface area contributed by atoms with Crippen molar-refractivity contribution in [2.45, 2.75) is 46.4 Å². The Hall–Kier alpha value is -6.35. The second kappa shape index (κ2) is 17.1. The van der Waals surface area contributed by atoms with E-state index in [1.165, 1.54) is 0 Å². The molecule has 4 nitrogen and oxygen atoms in total. The maximum Gasteiger partial charge on any atom is 0.148 e. The van der Waals surface area contributed by atoms with Crippen molar-refractivity contribution in [1.82, 2.24) is 14.5 Å². The molecule has 0 amide bonds. The molecular weight excluding hydrogens is 914 g/mol. The predicted molar refractivity (Wildman–Crippen MR) is 245 cm³/mol. The van der Waals surface area contributed by atoms with Crippen LogP contribution in [0.25, 0.3) is 83.9 Å². The summed E-state index contributed by atoms with van der Waals surface area (Å²) >= 11 is 0. The summed E-state index contributed by atoms with van der Waals surface area (Å²) in [5, 5.41) is 12.2. The Morgan fingerprint density at radius 1 is 0.583 bits per heavy atom. The van der Waals surface area contributed by atoms with Crippen molar-refractivity contribution in [2.24, 2.45) is 0 Å². The number of aryl methyl sites for hydroxylation is 1. The number of phenolic OH excluding ortho intramolecular Hbond substituents is 1. The van der Waals surface area contributed by atoms with Crippen molar-refractivity contribution in [3.05, 3.63) is 193 Å². The number of aromatic hydroxyl groups is 1. The molecule has 0 aliphatic rings. The normalized spacial score (nSPS) is 12.3. The molecule has 1 N–H and O–H groups in total. The van der Waals surface area contributed by atoms with Gasteiger partial charge in [0, 0.05) is 42.6 Å². The number of pyridine rings is 1. The van der Waals surface area contributed by atoms with E-state index in [1.54, 1.807) is 12.1 Å². The van der Waals surface area contributed by atoms with Gasteiger partial charge >= 0.3 is 0 Å². The van der Waals surface area contributed by atoms with Crippen LogP contribution in [-0.2, 0) is 21.1 Å². The van der Waals surface area contributed by atoms with Crippen LogP contribution in [0.2, 0.25) is 0 Å². The van der Waals surface area contributed by atoms with E-state index in [0.717, 1.165) is 78.1 Å². The zero-order valence-corrected chi connectivity index (χ0v) is 36.2. The van der Waals surface area contributed by atoms with E-state index in [2.05, 4.69) is 92.9 Å². The molecule has 9 rings (SSSR count). The molecule has 0 saturated heterocycles. The average Bonchev–Trinajstić information content (AvgIpc) is 3.68. The summed E-state index contributed by atoms with van der Waals surface area (Å²) in [6.07, 6.45) is 1.85. The van der Waals surface area contributed by atoms with Crippen LogP contribution in [0.4, 0.5) is 0 Å². The molecule has 7 aromatic carbocycles. The van der Waals surface area contributed by atoms with Crippen LogP contribution in [0.15, 0.2) is 170 Å². The molecule has 0 atom stereocenters. The summed E-state index contributed by atoms with van der Waals surface area (Å²) in [6.45, 7) is 6.16. The molecule has 60 heavy (non-hydrogen) atoms. The number of benzene rings is 7. The minimum Gasteiger partial charge on any atom is -0.507 e. The quantitative estimate of drug-likeness (QED) is 0.147. The van der Waals surface area contributed by atoms with E-state index in [1.807, 2.05) is 103 Å². The summed E-state index contributed by atoms with van der Waals surface area (Å²) < 4.78 is 27.1. The number of rotatable bonds is 9. The molecule has 298 valence electrons. The first-order valence-corrected chi connectivity index (χ1v) is 20.2. The monoisotopic (exact) mass is 962 g/mol. The molecule has 2 aromatic heterocycles. The fourth-order valence-electron chi connectivity index (χ4n) is 7.98. The summed E-state index contributed by atoms with van der Waals surface area (Å²) in [7, 11) is 0. The minimum absolute atomic E-state index is 0. The van der Waals surface area contributed by atoms with Gasteiger partial charge in [0.1, 0.15) is 11.6 Å². The largest absolute Gasteiger partial charge is 0.507 e. The van der Waals surface area contributed by atoms with Crippen molar-refractivity contribution >= 4 is 11.0 Å². The van der Waals surface area contributed by atoms with Gasteiger partial charge in [-0.15, -0.1) is 23.8 Å². The van der Waals surface area contributed by atoms with Gasteiger partial charge in [0.25, 0.3) is 0 Å². The van der Waals surface area contributed by atoms with Gasteiger partial charge in [-0.25, -0.2) is 4.98 Å². The van der Waals surface area contributed by atoms with E-state index in [0.29, 0.717) is 16.9 Å². The number of para-hydroxylation sites is 1. The predicted octanol–water partition coefficient (Wildman–Crippen LogP) is 14.5. The Labute approximate surface area is 371 Å². The topological polar surface area (TPSA) is 50.9 Å². The molecule has 0 radical (unpaired) electrons. The molecule has 0 saturated carbocycles. The van der Waals surface area contributed by atoms with Crippen LogP contribution in [0, 0.1) is 12.9 Å². The Balaban J connectivity index is 0.00000544.